The molecule has 2 aromatic heterocycles. The van der Waals surface area contributed by atoms with Gasteiger partial charge in [-0.15, -0.1) is 0 Å². The number of nitrogens with one attached hydrogen (secondary N) is 1. The average molecular weight is 353 g/mol. The van der Waals surface area contributed by atoms with E-state index in [2.05, 4.69) is 15.3 Å². The normalized spacial score (nSPS) is 19.1. The first kappa shape index (κ1) is 16.1. The van der Waals surface area contributed by atoms with Gasteiger partial charge in [-0.3, -0.25) is 9.97 Å². The van der Waals surface area contributed by atoms with E-state index in [1.165, 1.54) is 0 Å². The molecule has 0 aliphatic carbocycles. The average Bonchev–Trinajstić information content (AvgIpc) is 3.06. The van der Waals surface area contributed by atoms with Crippen LogP contribution in [-0.4, -0.2) is 16.1 Å². The molecule has 0 bridgehead atoms. The predicted molar refractivity (Wildman–Crippen MR) is 88.9 cm³/mol. The Balaban J connectivity index is 1.74. The van der Waals surface area contributed by atoms with Crippen LogP contribution in [0.1, 0.15) is 23.3 Å². The van der Waals surface area contributed by atoms with Crippen LogP contribution < -0.4 is 5.32 Å². The van der Waals surface area contributed by atoms with Crippen LogP contribution in [0.2, 0.25) is 0 Å². The molecule has 0 radical (unpaired) electrons. The molecule has 1 aliphatic rings. The minimum absolute atomic E-state index is 0.0309. The fourth-order valence-electron chi connectivity index (χ4n) is 2.96. The van der Waals surface area contributed by atoms with Crippen molar-refractivity contribution in [2.24, 2.45) is 0 Å². The van der Waals surface area contributed by atoms with E-state index in [0.29, 0.717) is 11.3 Å². The van der Waals surface area contributed by atoms with Crippen LogP contribution in [0.3, 0.4) is 0 Å². The summed E-state index contributed by atoms with van der Waals surface area (Å²) in [6, 6.07) is 9.62. The zero-order valence-corrected chi connectivity index (χ0v) is 13.4. The van der Waals surface area contributed by atoms with E-state index >= 15 is 0 Å². The smallest absolute Gasteiger partial charge is 0.408 e. The summed E-state index contributed by atoms with van der Waals surface area (Å²) in [6.07, 6.45) is 3.15. The van der Waals surface area contributed by atoms with Gasteiger partial charge < -0.3 is 10.1 Å². The van der Waals surface area contributed by atoms with Crippen molar-refractivity contribution >= 4 is 6.09 Å². The summed E-state index contributed by atoms with van der Waals surface area (Å²) in [7, 11) is 0. The van der Waals surface area contributed by atoms with Crippen molar-refractivity contribution in [1.82, 2.24) is 15.3 Å². The standard InChI is InChI=1S/C19H13F2N3O2/c20-13-4-5-15(21)14(8-13)18-17(24-19(25)26-18)12-7-11(9-22-10-12)16-3-1-2-6-23-16/h1-10,17-18H,(H,24,25)/t17-,18-/m1/s1. The lowest BCUT2D eigenvalue weighted by Gasteiger charge is -2.18. The molecule has 2 atom stereocenters. The monoisotopic (exact) mass is 353 g/mol. The third kappa shape index (κ3) is 2.99. The molecule has 1 N–H and O–H groups in total. The predicted octanol–water partition coefficient (Wildman–Crippen LogP) is 3.94. The Morgan fingerprint density at radius 1 is 1.08 bits per heavy atom. The van der Waals surface area contributed by atoms with Gasteiger partial charge in [-0.2, -0.15) is 0 Å². The van der Waals surface area contributed by atoms with Gasteiger partial charge in [0.2, 0.25) is 0 Å². The summed E-state index contributed by atoms with van der Waals surface area (Å²) in [4.78, 5) is 20.2. The topological polar surface area (TPSA) is 64.1 Å². The van der Waals surface area contributed by atoms with Crippen LogP contribution in [0.15, 0.2) is 61.1 Å². The van der Waals surface area contributed by atoms with Crippen molar-refractivity contribution in [3.8, 4) is 11.3 Å². The van der Waals surface area contributed by atoms with E-state index in [9.17, 15) is 13.6 Å². The quantitative estimate of drug-likeness (QED) is 0.775. The van der Waals surface area contributed by atoms with Crippen molar-refractivity contribution in [3.05, 3.63) is 83.8 Å². The Kier molecular flexibility index (Phi) is 4.04. The summed E-state index contributed by atoms with van der Waals surface area (Å²) < 4.78 is 32.9. The number of hydrogen-bond acceptors (Lipinski definition) is 4. The first-order valence-electron chi connectivity index (χ1n) is 7.90. The second-order valence-corrected chi connectivity index (χ2v) is 5.84. The van der Waals surface area contributed by atoms with E-state index in [1.54, 1.807) is 30.7 Å². The highest BCUT2D eigenvalue weighted by atomic mass is 19.1. The van der Waals surface area contributed by atoms with Crippen LogP contribution in [0.4, 0.5) is 13.6 Å². The van der Waals surface area contributed by atoms with Gasteiger partial charge in [0.25, 0.3) is 0 Å². The first-order chi connectivity index (χ1) is 12.6. The number of rotatable bonds is 3. The van der Waals surface area contributed by atoms with Crippen molar-refractivity contribution in [2.45, 2.75) is 12.1 Å². The van der Waals surface area contributed by atoms with E-state index < -0.39 is 29.9 Å². The maximum Gasteiger partial charge on any atom is 0.408 e. The van der Waals surface area contributed by atoms with Crippen LogP contribution in [0.25, 0.3) is 11.3 Å². The number of ether oxygens (including phenoxy) is 1. The Morgan fingerprint density at radius 3 is 2.77 bits per heavy atom. The number of amides is 1. The first-order valence-corrected chi connectivity index (χ1v) is 7.90. The summed E-state index contributed by atoms with van der Waals surface area (Å²) >= 11 is 0. The van der Waals surface area contributed by atoms with Gasteiger partial charge in [0.1, 0.15) is 17.7 Å². The minimum Gasteiger partial charge on any atom is -0.439 e. The van der Waals surface area contributed by atoms with Crippen molar-refractivity contribution in [1.29, 1.82) is 0 Å². The highest BCUT2D eigenvalue weighted by Crippen LogP contribution is 2.38. The maximum atomic E-state index is 14.2. The van der Waals surface area contributed by atoms with Crippen LogP contribution >= 0.6 is 0 Å². The summed E-state index contributed by atoms with van der Waals surface area (Å²) in [5, 5.41) is 2.63. The summed E-state index contributed by atoms with van der Waals surface area (Å²) in [5.74, 6) is -1.25. The number of hydrogen-bond donors (Lipinski definition) is 1. The molecule has 3 heterocycles. The molecule has 1 saturated heterocycles. The molecule has 0 saturated carbocycles. The van der Waals surface area contributed by atoms with Gasteiger partial charge in [0.15, 0.2) is 6.10 Å². The molecule has 1 amide bonds. The molecule has 1 aliphatic heterocycles. The van der Waals surface area contributed by atoms with Crippen LogP contribution in [-0.2, 0) is 4.74 Å². The van der Waals surface area contributed by atoms with Crippen molar-refractivity contribution in [3.63, 3.8) is 0 Å². The number of pyridine rings is 2. The molecule has 3 aromatic rings. The molecule has 0 unspecified atom stereocenters. The van der Waals surface area contributed by atoms with Crippen molar-refractivity contribution < 1.29 is 18.3 Å². The van der Waals surface area contributed by atoms with E-state index in [0.717, 1.165) is 23.8 Å². The highest BCUT2D eigenvalue weighted by molar-refractivity contribution is 5.71. The number of halogens is 2. The lowest BCUT2D eigenvalue weighted by atomic mass is 9.96. The number of carbonyl (C=O) groups is 1. The van der Waals surface area contributed by atoms with Crippen molar-refractivity contribution in [2.75, 3.05) is 0 Å². The number of nitrogens with zero attached hydrogens (tertiary/aromatic N) is 2. The Labute approximate surface area is 147 Å². The van der Waals surface area contributed by atoms with Gasteiger partial charge in [-0.25, -0.2) is 13.6 Å². The third-order valence-electron chi connectivity index (χ3n) is 4.15. The highest BCUT2D eigenvalue weighted by Gasteiger charge is 2.38. The van der Waals surface area contributed by atoms with Crippen LogP contribution in [0, 0.1) is 11.6 Å². The van der Waals surface area contributed by atoms with Gasteiger partial charge in [0, 0.05) is 29.7 Å². The minimum atomic E-state index is -1.00. The van der Waals surface area contributed by atoms with E-state index in [1.807, 2.05) is 12.1 Å². The molecular formula is C19H13F2N3O2. The number of alkyl carbamates (subject to hydrolysis) is 1. The molecule has 1 fully saturated rings. The molecule has 26 heavy (non-hydrogen) atoms. The maximum absolute atomic E-state index is 14.2. The Hall–Kier alpha value is -3.35. The third-order valence-corrected chi connectivity index (χ3v) is 4.15. The largest absolute Gasteiger partial charge is 0.439 e. The van der Waals surface area contributed by atoms with Gasteiger partial charge in [0.05, 0.1) is 5.69 Å². The number of carbonyl (C=O) groups excluding carboxylic acids is 1. The molecule has 130 valence electrons. The zero-order chi connectivity index (χ0) is 18.1. The lowest BCUT2D eigenvalue weighted by Crippen LogP contribution is -2.20. The van der Waals surface area contributed by atoms with Gasteiger partial charge in [-0.05, 0) is 42.0 Å². The van der Waals surface area contributed by atoms with Crippen LogP contribution in [0.5, 0.6) is 0 Å². The second kappa shape index (κ2) is 6.51. The molecule has 7 heteroatoms. The molecular weight excluding hydrogens is 340 g/mol. The lowest BCUT2D eigenvalue weighted by molar-refractivity contribution is 0.130. The molecule has 4 rings (SSSR count). The Morgan fingerprint density at radius 2 is 1.96 bits per heavy atom. The number of aromatic nitrogens is 2. The molecule has 1 aromatic carbocycles. The van der Waals surface area contributed by atoms with Gasteiger partial charge >= 0.3 is 6.09 Å². The number of cyclic esters (lactones) is 1. The molecule has 5 nitrogen and oxygen atoms in total. The fraction of sp³-hybridized carbons (Fsp3) is 0.105. The summed E-state index contributed by atoms with van der Waals surface area (Å²) in [5.41, 5.74) is 2.02. The fourth-order valence-corrected chi connectivity index (χ4v) is 2.96. The van der Waals surface area contributed by atoms with Gasteiger partial charge in [-0.1, -0.05) is 6.07 Å². The second-order valence-electron chi connectivity index (χ2n) is 5.84. The van der Waals surface area contributed by atoms with E-state index in [4.69, 9.17) is 4.74 Å². The summed E-state index contributed by atoms with van der Waals surface area (Å²) in [6.45, 7) is 0. The zero-order valence-electron chi connectivity index (χ0n) is 13.4. The molecule has 0 spiro atoms. The van der Waals surface area contributed by atoms with E-state index in [-0.39, 0.29) is 5.56 Å². The Bertz CT molecular complexity index is 966. The number of benzene rings is 1. The SMILES string of the molecule is O=C1N[C@H](c2cncc(-c3ccccn3)c2)[C@@H](c2cc(F)ccc2F)O1.